The van der Waals surface area contributed by atoms with Crippen molar-refractivity contribution in [3.8, 4) is 28.6 Å². The van der Waals surface area contributed by atoms with Gasteiger partial charge < -0.3 is 24.8 Å². The highest BCUT2D eigenvalue weighted by Crippen LogP contribution is 2.27. The number of nitrogens with one attached hydrogen (secondary N) is 3. The number of ether oxygens (including phenoxy) is 3. The van der Waals surface area contributed by atoms with Crippen molar-refractivity contribution in [3.05, 3.63) is 53.9 Å². The summed E-state index contributed by atoms with van der Waals surface area (Å²) in [5.41, 5.74) is 2.06. The number of hydrogen-bond acceptors (Lipinski definition) is 6. The van der Waals surface area contributed by atoms with Crippen LogP contribution in [0.3, 0.4) is 0 Å². The Labute approximate surface area is 211 Å². The van der Waals surface area contributed by atoms with E-state index in [9.17, 15) is 0 Å². The summed E-state index contributed by atoms with van der Waals surface area (Å²) in [6.07, 6.45) is 0.814. The van der Waals surface area contributed by atoms with Gasteiger partial charge in [-0.3, -0.25) is 5.10 Å². The number of H-pyrrole nitrogens is 1. The van der Waals surface area contributed by atoms with Crippen LogP contribution in [0.1, 0.15) is 18.3 Å². The molecule has 3 aromatic rings. The first-order valence-corrected chi connectivity index (χ1v) is 10.5. The smallest absolute Gasteiger partial charge is 0.191 e. The third-order valence-electron chi connectivity index (χ3n) is 4.77. The number of aromatic nitrogens is 3. The molecule has 0 fully saturated rings. The van der Waals surface area contributed by atoms with E-state index in [0.29, 0.717) is 18.2 Å². The van der Waals surface area contributed by atoms with Gasteiger partial charge in [0.15, 0.2) is 23.3 Å². The van der Waals surface area contributed by atoms with Gasteiger partial charge in [0.1, 0.15) is 18.1 Å². The summed E-state index contributed by atoms with van der Waals surface area (Å²) < 4.78 is 15.9. The van der Waals surface area contributed by atoms with E-state index in [1.165, 1.54) is 0 Å². The minimum Gasteiger partial charge on any atom is -0.497 e. The number of aliphatic imine (C=N–C) groups is 1. The van der Waals surface area contributed by atoms with Gasteiger partial charge in [-0.05, 0) is 55.3 Å². The van der Waals surface area contributed by atoms with Crippen LogP contribution < -0.4 is 24.8 Å². The summed E-state index contributed by atoms with van der Waals surface area (Å²) >= 11 is 0. The molecule has 3 rings (SSSR count). The molecule has 0 aliphatic carbocycles. The average Bonchev–Trinajstić information content (AvgIpc) is 3.31. The Hall–Kier alpha value is -3.02. The maximum atomic E-state index is 5.37. The standard InChI is InChI=1S/C23H30N6O3.HI/c1-5-24-23(25-13-12-16-6-11-19(31-3)20(14-16)32-4)26-15-21-27-22(29-28-21)17-7-9-18(30-2)10-8-17;/h6-11,14H,5,12-13,15H2,1-4H3,(H2,24,25,26)(H,27,28,29);1H. The van der Waals surface area contributed by atoms with E-state index in [1.54, 1.807) is 21.3 Å². The van der Waals surface area contributed by atoms with Crippen LogP contribution in [-0.4, -0.2) is 55.6 Å². The molecule has 9 nitrogen and oxygen atoms in total. The molecule has 0 radical (unpaired) electrons. The topological polar surface area (TPSA) is 106 Å². The number of methoxy groups -OCH3 is 3. The molecule has 0 spiro atoms. The maximum Gasteiger partial charge on any atom is 0.191 e. The Balaban J connectivity index is 0.00000385. The fourth-order valence-corrected chi connectivity index (χ4v) is 3.09. The van der Waals surface area contributed by atoms with Crippen molar-refractivity contribution in [2.45, 2.75) is 19.9 Å². The maximum absolute atomic E-state index is 5.37. The van der Waals surface area contributed by atoms with Gasteiger partial charge in [-0.1, -0.05) is 6.07 Å². The Morgan fingerprint density at radius 3 is 2.39 bits per heavy atom. The highest BCUT2D eigenvalue weighted by atomic mass is 127. The summed E-state index contributed by atoms with van der Waals surface area (Å²) in [5, 5.41) is 13.8. The molecular formula is C23H31IN6O3. The van der Waals surface area contributed by atoms with Crippen molar-refractivity contribution in [2.24, 2.45) is 4.99 Å². The lowest BCUT2D eigenvalue weighted by Gasteiger charge is -2.12. The first kappa shape index (κ1) is 26.2. The van der Waals surface area contributed by atoms with E-state index in [2.05, 4.69) is 30.8 Å². The Kier molecular flexibility index (Phi) is 10.7. The third-order valence-corrected chi connectivity index (χ3v) is 4.77. The molecule has 0 amide bonds. The second-order valence-electron chi connectivity index (χ2n) is 6.90. The fraction of sp³-hybridized carbons (Fsp3) is 0.348. The van der Waals surface area contributed by atoms with Crippen LogP contribution in [-0.2, 0) is 13.0 Å². The van der Waals surface area contributed by atoms with E-state index in [0.717, 1.165) is 53.8 Å². The molecular weight excluding hydrogens is 535 g/mol. The highest BCUT2D eigenvalue weighted by Gasteiger charge is 2.07. The molecule has 0 aliphatic heterocycles. The number of guanidine groups is 1. The quantitative estimate of drug-likeness (QED) is 0.196. The average molecular weight is 566 g/mol. The SMILES string of the molecule is CCNC(=NCc1nc(-c2ccc(OC)cc2)n[nH]1)NCCc1ccc(OC)c(OC)c1.I. The van der Waals surface area contributed by atoms with Crippen LogP contribution in [0.4, 0.5) is 0 Å². The summed E-state index contributed by atoms with van der Waals surface area (Å²) in [4.78, 5) is 9.14. The van der Waals surface area contributed by atoms with Crippen LogP contribution in [0.15, 0.2) is 47.5 Å². The van der Waals surface area contributed by atoms with Crippen molar-refractivity contribution in [1.82, 2.24) is 25.8 Å². The predicted molar refractivity (Wildman–Crippen MR) is 140 cm³/mol. The Morgan fingerprint density at radius 2 is 1.73 bits per heavy atom. The third kappa shape index (κ3) is 7.52. The zero-order valence-corrected chi connectivity index (χ0v) is 21.7. The number of benzene rings is 2. The number of hydrogen-bond donors (Lipinski definition) is 3. The van der Waals surface area contributed by atoms with Gasteiger partial charge in [0.2, 0.25) is 0 Å². The van der Waals surface area contributed by atoms with Gasteiger partial charge in [-0.25, -0.2) is 9.98 Å². The lowest BCUT2D eigenvalue weighted by molar-refractivity contribution is 0.354. The van der Waals surface area contributed by atoms with Gasteiger partial charge in [-0.15, -0.1) is 24.0 Å². The lowest BCUT2D eigenvalue weighted by Crippen LogP contribution is -2.38. The van der Waals surface area contributed by atoms with E-state index >= 15 is 0 Å². The highest BCUT2D eigenvalue weighted by molar-refractivity contribution is 14.0. The normalized spacial score (nSPS) is 10.8. The second kappa shape index (κ2) is 13.5. The van der Waals surface area contributed by atoms with Gasteiger partial charge in [-0.2, -0.15) is 5.10 Å². The zero-order valence-electron chi connectivity index (χ0n) is 19.3. The summed E-state index contributed by atoms with van der Waals surface area (Å²) in [5.74, 6) is 4.28. The summed E-state index contributed by atoms with van der Waals surface area (Å²) in [6.45, 7) is 3.89. The second-order valence-corrected chi connectivity index (χ2v) is 6.90. The van der Waals surface area contributed by atoms with E-state index in [4.69, 9.17) is 14.2 Å². The van der Waals surface area contributed by atoms with Crippen LogP contribution >= 0.6 is 24.0 Å². The minimum absolute atomic E-state index is 0. The van der Waals surface area contributed by atoms with Gasteiger partial charge in [0.05, 0.1) is 21.3 Å². The molecule has 33 heavy (non-hydrogen) atoms. The van der Waals surface area contributed by atoms with Crippen LogP contribution in [0.25, 0.3) is 11.4 Å². The van der Waals surface area contributed by atoms with Crippen molar-refractivity contribution in [3.63, 3.8) is 0 Å². The van der Waals surface area contributed by atoms with Crippen molar-refractivity contribution in [2.75, 3.05) is 34.4 Å². The number of rotatable bonds is 10. The molecule has 1 aromatic heterocycles. The monoisotopic (exact) mass is 566 g/mol. The molecule has 0 bridgehead atoms. The molecule has 0 saturated heterocycles. The first-order valence-electron chi connectivity index (χ1n) is 10.5. The van der Waals surface area contributed by atoms with Crippen LogP contribution in [0, 0.1) is 0 Å². The van der Waals surface area contributed by atoms with Gasteiger partial charge >= 0.3 is 0 Å². The van der Waals surface area contributed by atoms with Crippen molar-refractivity contribution < 1.29 is 14.2 Å². The molecule has 3 N–H and O–H groups in total. The lowest BCUT2D eigenvalue weighted by atomic mass is 10.1. The largest absolute Gasteiger partial charge is 0.497 e. The van der Waals surface area contributed by atoms with E-state index in [1.807, 2.05) is 49.4 Å². The predicted octanol–water partition coefficient (Wildman–Crippen LogP) is 3.41. The fourth-order valence-electron chi connectivity index (χ4n) is 3.09. The van der Waals surface area contributed by atoms with E-state index < -0.39 is 0 Å². The van der Waals surface area contributed by atoms with Crippen LogP contribution in [0.5, 0.6) is 17.2 Å². The number of aromatic amines is 1. The van der Waals surface area contributed by atoms with Crippen molar-refractivity contribution in [1.29, 1.82) is 0 Å². The Morgan fingerprint density at radius 1 is 0.970 bits per heavy atom. The Bertz CT molecular complexity index is 1020. The molecule has 0 unspecified atom stereocenters. The van der Waals surface area contributed by atoms with Gasteiger partial charge in [0, 0.05) is 18.7 Å². The molecule has 10 heteroatoms. The molecule has 0 saturated carbocycles. The van der Waals surface area contributed by atoms with Crippen LogP contribution in [0.2, 0.25) is 0 Å². The molecule has 0 aliphatic rings. The number of nitrogens with zero attached hydrogens (tertiary/aromatic N) is 3. The molecule has 0 atom stereocenters. The minimum atomic E-state index is 0. The zero-order chi connectivity index (χ0) is 22.8. The molecule has 2 aromatic carbocycles. The molecule has 178 valence electrons. The first-order chi connectivity index (χ1) is 15.7. The van der Waals surface area contributed by atoms with Crippen molar-refractivity contribution >= 4 is 29.9 Å². The summed E-state index contributed by atoms with van der Waals surface area (Å²) in [7, 11) is 4.91. The summed E-state index contributed by atoms with van der Waals surface area (Å²) in [6, 6.07) is 13.5. The number of halogens is 1. The molecule has 1 heterocycles. The van der Waals surface area contributed by atoms with E-state index in [-0.39, 0.29) is 24.0 Å². The van der Waals surface area contributed by atoms with Gasteiger partial charge in [0.25, 0.3) is 0 Å².